The highest BCUT2D eigenvalue weighted by molar-refractivity contribution is 7.18. The van der Waals surface area contributed by atoms with Crippen molar-refractivity contribution in [2.45, 2.75) is 19.4 Å². The van der Waals surface area contributed by atoms with Gasteiger partial charge in [-0.3, -0.25) is 0 Å². The lowest BCUT2D eigenvalue weighted by Crippen LogP contribution is -2.05. The molecule has 0 radical (unpaired) electrons. The minimum Gasteiger partial charge on any atom is -0.334 e. The van der Waals surface area contributed by atoms with Crippen LogP contribution in [0.5, 0.6) is 0 Å². The normalized spacial score (nSPS) is 13.0. The number of hydrogen-bond acceptors (Lipinski definition) is 3. The Morgan fingerprint density at radius 3 is 3.00 bits per heavy atom. The summed E-state index contributed by atoms with van der Waals surface area (Å²) in [5.41, 5.74) is 1.10. The summed E-state index contributed by atoms with van der Waals surface area (Å²) in [7, 11) is 0. The van der Waals surface area contributed by atoms with Crippen LogP contribution >= 0.6 is 11.3 Å². The fourth-order valence-electron chi connectivity index (χ4n) is 1.90. The second-order valence-corrected chi connectivity index (χ2v) is 5.25. The van der Waals surface area contributed by atoms with E-state index in [9.17, 15) is 0 Å². The number of nitrogens with zero attached hydrogens (tertiary/aromatic N) is 3. The molecule has 0 aliphatic rings. The van der Waals surface area contributed by atoms with Crippen LogP contribution in [-0.2, 0) is 6.42 Å². The van der Waals surface area contributed by atoms with Gasteiger partial charge in [0.1, 0.15) is 0 Å². The highest BCUT2D eigenvalue weighted by Gasteiger charge is 2.09. The molecule has 86 valence electrons. The third-order valence-electron chi connectivity index (χ3n) is 2.84. The quantitative estimate of drug-likeness (QED) is 0.706. The van der Waals surface area contributed by atoms with Crippen LogP contribution in [0.25, 0.3) is 10.2 Å². The molecule has 3 nitrogen and oxygen atoms in total. The zero-order valence-electron chi connectivity index (χ0n) is 9.58. The molecule has 1 aromatic carbocycles. The first-order chi connectivity index (χ1) is 8.33. The van der Waals surface area contributed by atoms with Crippen LogP contribution in [-0.4, -0.2) is 14.5 Å². The molecule has 0 saturated heterocycles. The summed E-state index contributed by atoms with van der Waals surface area (Å²) in [5.74, 6) is 0. The van der Waals surface area contributed by atoms with E-state index >= 15 is 0 Å². The van der Waals surface area contributed by atoms with Crippen LogP contribution in [0, 0.1) is 0 Å². The summed E-state index contributed by atoms with van der Waals surface area (Å²) in [6.45, 7) is 2.19. The number of benzene rings is 1. The number of para-hydroxylation sites is 1. The Hall–Kier alpha value is -1.68. The molecule has 2 aromatic heterocycles. The van der Waals surface area contributed by atoms with Gasteiger partial charge >= 0.3 is 0 Å². The Balaban J connectivity index is 1.85. The molecule has 4 heteroatoms. The molecular formula is C13H13N3S. The lowest BCUT2D eigenvalue weighted by Gasteiger charge is -2.10. The van der Waals surface area contributed by atoms with Gasteiger partial charge < -0.3 is 4.57 Å². The molecule has 0 bridgehead atoms. The number of thiazole rings is 1. The van der Waals surface area contributed by atoms with Gasteiger partial charge in [-0.1, -0.05) is 12.1 Å². The molecule has 3 rings (SSSR count). The minimum absolute atomic E-state index is 0.401. The number of rotatable bonds is 3. The van der Waals surface area contributed by atoms with Gasteiger partial charge in [0.05, 0.1) is 21.6 Å². The van der Waals surface area contributed by atoms with E-state index in [-0.39, 0.29) is 0 Å². The van der Waals surface area contributed by atoms with E-state index < -0.39 is 0 Å². The molecule has 0 aliphatic heterocycles. The van der Waals surface area contributed by atoms with Crippen molar-refractivity contribution in [2.75, 3.05) is 0 Å². The summed E-state index contributed by atoms with van der Waals surface area (Å²) in [5, 5.41) is 1.19. The van der Waals surface area contributed by atoms with Crippen LogP contribution in [0.2, 0.25) is 0 Å². The molecule has 0 N–H and O–H groups in total. The molecule has 2 heterocycles. The Labute approximate surface area is 104 Å². The van der Waals surface area contributed by atoms with E-state index in [1.54, 1.807) is 11.3 Å². The van der Waals surface area contributed by atoms with Crippen LogP contribution in [0.3, 0.4) is 0 Å². The summed E-state index contributed by atoms with van der Waals surface area (Å²) >= 11 is 1.78. The number of hydrogen-bond donors (Lipinski definition) is 0. The largest absolute Gasteiger partial charge is 0.334 e. The molecule has 1 unspecified atom stereocenters. The van der Waals surface area contributed by atoms with E-state index in [1.165, 1.54) is 9.71 Å². The average molecular weight is 243 g/mol. The number of fused-ring (bicyclic) bond motifs is 1. The summed E-state index contributed by atoms with van der Waals surface area (Å²) < 4.78 is 3.38. The highest BCUT2D eigenvalue weighted by atomic mass is 32.1. The molecule has 0 spiro atoms. The first kappa shape index (κ1) is 10.5. The van der Waals surface area contributed by atoms with Crippen LogP contribution in [0.4, 0.5) is 0 Å². The van der Waals surface area contributed by atoms with Crippen molar-refractivity contribution in [3.8, 4) is 0 Å². The Kier molecular flexibility index (Phi) is 2.65. The summed E-state index contributed by atoms with van der Waals surface area (Å²) in [6.07, 6.45) is 6.63. The van der Waals surface area contributed by atoms with Crippen LogP contribution in [0.1, 0.15) is 18.0 Å². The lowest BCUT2D eigenvalue weighted by atomic mass is 10.2. The van der Waals surface area contributed by atoms with E-state index in [0.29, 0.717) is 6.04 Å². The van der Waals surface area contributed by atoms with Gasteiger partial charge in [-0.15, -0.1) is 11.3 Å². The minimum atomic E-state index is 0.401. The van der Waals surface area contributed by atoms with Crippen molar-refractivity contribution in [2.24, 2.45) is 0 Å². The summed E-state index contributed by atoms with van der Waals surface area (Å²) in [4.78, 5) is 8.72. The van der Waals surface area contributed by atoms with Crippen molar-refractivity contribution in [1.82, 2.24) is 14.5 Å². The molecule has 0 fully saturated rings. The van der Waals surface area contributed by atoms with Crippen molar-refractivity contribution in [1.29, 1.82) is 0 Å². The zero-order valence-corrected chi connectivity index (χ0v) is 10.4. The van der Waals surface area contributed by atoms with Crippen molar-refractivity contribution < 1.29 is 0 Å². The third-order valence-corrected chi connectivity index (χ3v) is 3.90. The van der Waals surface area contributed by atoms with Gasteiger partial charge in [-0.05, 0) is 19.1 Å². The molecule has 0 aliphatic carbocycles. The van der Waals surface area contributed by atoms with Crippen molar-refractivity contribution >= 4 is 21.6 Å². The fraction of sp³-hybridized carbons (Fsp3) is 0.231. The molecule has 0 amide bonds. The van der Waals surface area contributed by atoms with Gasteiger partial charge in [-0.2, -0.15) is 0 Å². The molecule has 1 atom stereocenters. The van der Waals surface area contributed by atoms with Crippen molar-refractivity contribution in [3.05, 3.63) is 48.0 Å². The van der Waals surface area contributed by atoms with E-state index in [4.69, 9.17) is 0 Å². The second-order valence-electron chi connectivity index (χ2n) is 4.14. The van der Waals surface area contributed by atoms with Crippen molar-refractivity contribution in [3.63, 3.8) is 0 Å². The standard InChI is InChI=1S/C13H13N3S/c1-10(16-7-6-14-9-16)8-13-15-11-4-2-3-5-12(11)17-13/h2-7,9-10H,8H2,1H3. The second kappa shape index (κ2) is 4.30. The van der Waals surface area contributed by atoms with Crippen LogP contribution in [0.15, 0.2) is 43.0 Å². The monoisotopic (exact) mass is 243 g/mol. The zero-order chi connectivity index (χ0) is 11.7. The Morgan fingerprint density at radius 2 is 2.24 bits per heavy atom. The molecule has 0 saturated carbocycles. The van der Waals surface area contributed by atoms with E-state index in [1.807, 2.05) is 24.8 Å². The maximum atomic E-state index is 4.65. The van der Waals surface area contributed by atoms with Gasteiger partial charge in [0.2, 0.25) is 0 Å². The maximum absolute atomic E-state index is 4.65. The molecule has 3 aromatic rings. The SMILES string of the molecule is CC(Cc1nc2ccccc2s1)n1ccnc1. The highest BCUT2D eigenvalue weighted by Crippen LogP contribution is 2.24. The maximum Gasteiger partial charge on any atom is 0.0959 e. The summed E-state index contributed by atoms with van der Waals surface area (Å²) in [6, 6.07) is 8.68. The number of imidazole rings is 1. The topological polar surface area (TPSA) is 30.7 Å². The van der Waals surface area contributed by atoms with E-state index in [2.05, 4.69) is 39.7 Å². The van der Waals surface area contributed by atoms with E-state index in [0.717, 1.165) is 11.9 Å². The number of aromatic nitrogens is 3. The van der Waals surface area contributed by atoms with Gasteiger partial charge in [0.15, 0.2) is 0 Å². The average Bonchev–Trinajstić information content (AvgIpc) is 2.97. The smallest absolute Gasteiger partial charge is 0.0959 e. The third kappa shape index (κ3) is 2.08. The predicted octanol–water partition coefficient (Wildman–Crippen LogP) is 3.30. The first-order valence-corrected chi connectivity index (χ1v) is 6.46. The fourth-order valence-corrected chi connectivity index (χ4v) is 2.98. The lowest BCUT2D eigenvalue weighted by molar-refractivity contribution is 0.543. The molecule has 17 heavy (non-hydrogen) atoms. The van der Waals surface area contributed by atoms with Gasteiger partial charge in [0, 0.05) is 24.9 Å². The first-order valence-electron chi connectivity index (χ1n) is 5.65. The van der Waals surface area contributed by atoms with Gasteiger partial charge in [0.25, 0.3) is 0 Å². The molecular weight excluding hydrogens is 230 g/mol. The van der Waals surface area contributed by atoms with Crippen LogP contribution < -0.4 is 0 Å². The predicted molar refractivity (Wildman–Crippen MR) is 70.3 cm³/mol. The Bertz CT molecular complexity index is 579. The van der Waals surface area contributed by atoms with Gasteiger partial charge in [-0.25, -0.2) is 9.97 Å². The Morgan fingerprint density at radius 1 is 1.35 bits per heavy atom.